The molecule has 5 heteroatoms. The van der Waals surface area contributed by atoms with E-state index in [0.717, 1.165) is 0 Å². The van der Waals surface area contributed by atoms with Gasteiger partial charge in [-0.3, -0.25) is 9.79 Å². The second-order valence-corrected chi connectivity index (χ2v) is 3.92. The summed E-state index contributed by atoms with van der Waals surface area (Å²) in [4.78, 5) is 16.2. The van der Waals surface area contributed by atoms with E-state index < -0.39 is 0 Å². The molecule has 0 atom stereocenters. The van der Waals surface area contributed by atoms with Crippen LogP contribution in [0.3, 0.4) is 0 Å². The first-order valence-corrected chi connectivity index (χ1v) is 6.37. The Bertz CT molecular complexity index is 441. The highest BCUT2D eigenvalue weighted by atomic mass is 32.2. The minimum Gasteiger partial charge on any atom is -0.410 e. The van der Waals surface area contributed by atoms with Crippen molar-refractivity contribution in [3.8, 4) is 0 Å². The predicted octanol–water partition coefficient (Wildman–Crippen LogP) is 2.48. The second kappa shape index (κ2) is 6.85. The van der Waals surface area contributed by atoms with E-state index in [1.54, 1.807) is 30.5 Å². The lowest BCUT2D eigenvalue weighted by Crippen LogP contribution is -2.22. The number of carbonyl (C=O) groups is 1. The van der Waals surface area contributed by atoms with Gasteiger partial charge in [0, 0.05) is 12.1 Å². The van der Waals surface area contributed by atoms with E-state index >= 15 is 0 Å². The Morgan fingerprint density at radius 3 is 2.47 bits per heavy atom. The monoisotopic (exact) mass is 250 g/mol. The Labute approximate surface area is 104 Å². The standard InChI is InChI=1S/C12H14N2O2S/c1-3-13-12(17-2)10(14-16)11(15)9-7-5-4-6-8-9/h4-8,16H,3H2,1-2H3/b13-12?,14-10+. The summed E-state index contributed by atoms with van der Waals surface area (Å²) in [6.45, 7) is 2.40. The van der Waals surface area contributed by atoms with Gasteiger partial charge in [-0.15, -0.1) is 11.8 Å². The molecule has 1 aromatic carbocycles. The number of nitrogens with zero attached hydrogens (tertiary/aromatic N) is 2. The maximum Gasteiger partial charge on any atom is 0.217 e. The van der Waals surface area contributed by atoms with Crippen LogP contribution in [0.5, 0.6) is 0 Å². The largest absolute Gasteiger partial charge is 0.410 e. The van der Waals surface area contributed by atoms with Crippen molar-refractivity contribution in [1.82, 2.24) is 0 Å². The number of rotatable bonds is 4. The lowest BCUT2D eigenvalue weighted by atomic mass is 10.1. The van der Waals surface area contributed by atoms with Gasteiger partial charge in [0.2, 0.25) is 5.78 Å². The Kier molecular flexibility index (Phi) is 5.42. The second-order valence-electron chi connectivity index (χ2n) is 3.13. The number of thioether (sulfide) groups is 1. The van der Waals surface area contributed by atoms with Crippen molar-refractivity contribution >= 4 is 28.3 Å². The number of oxime groups is 1. The summed E-state index contributed by atoms with van der Waals surface area (Å²) < 4.78 is 0. The minimum atomic E-state index is -0.324. The van der Waals surface area contributed by atoms with Gasteiger partial charge in [0.05, 0.1) is 0 Å². The lowest BCUT2D eigenvalue weighted by Gasteiger charge is -2.04. The van der Waals surface area contributed by atoms with Crippen molar-refractivity contribution in [1.29, 1.82) is 0 Å². The van der Waals surface area contributed by atoms with E-state index in [2.05, 4.69) is 10.1 Å². The van der Waals surface area contributed by atoms with Gasteiger partial charge >= 0.3 is 0 Å². The summed E-state index contributed by atoms with van der Waals surface area (Å²) in [7, 11) is 0. The maximum atomic E-state index is 12.1. The normalized spacial score (nSPS) is 12.6. The van der Waals surface area contributed by atoms with Crippen molar-refractivity contribution in [3.05, 3.63) is 35.9 Å². The first-order valence-electron chi connectivity index (χ1n) is 5.15. The van der Waals surface area contributed by atoms with Crippen LogP contribution >= 0.6 is 11.8 Å². The molecule has 0 saturated carbocycles. The third-order valence-corrected chi connectivity index (χ3v) is 2.76. The molecule has 0 unspecified atom stereocenters. The zero-order valence-electron chi connectivity index (χ0n) is 9.75. The number of carbonyl (C=O) groups excluding carboxylic acids is 1. The van der Waals surface area contributed by atoms with Crippen LogP contribution in [0, 0.1) is 0 Å². The molecule has 0 spiro atoms. The average molecular weight is 250 g/mol. The van der Waals surface area contributed by atoms with Crippen LogP contribution in [0.1, 0.15) is 17.3 Å². The van der Waals surface area contributed by atoms with E-state index in [1.807, 2.05) is 13.0 Å². The van der Waals surface area contributed by atoms with Gasteiger partial charge in [-0.2, -0.15) is 0 Å². The smallest absolute Gasteiger partial charge is 0.217 e. The molecule has 0 aliphatic heterocycles. The Balaban J connectivity index is 3.05. The van der Waals surface area contributed by atoms with E-state index in [0.29, 0.717) is 17.2 Å². The fourth-order valence-electron chi connectivity index (χ4n) is 1.29. The maximum absolute atomic E-state index is 12.1. The van der Waals surface area contributed by atoms with Crippen molar-refractivity contribution in [2.45, 2.75) is 6.92 Å². The number of hydrogen-bond donors (Lipinski definition) is 1. The minimum absolute atomic E-state index is 0.00875. The van der Waals surface area contributed by atoms with Crippen molar-refractivity contribution in [3.63, 3.8) is 0 Å². The first kappa shape index (κ1) is 13.4. The van der Waals surface area contributed by atoms with Crippen LogP contribution in [0.2, 0.25) is 0 Å². The molecule has 1 rings (SSSR count). The average Bonchev–Trinajstić information content (AvgIpc) is 2.39. The van der Waals surface area contributed by atoms with E-state index in [1.165, 1.54) is 11.8 Å². The molecule has 0 amide bonds. The molecule has 0 saturated heterocycles. The Morgan fingerprint density at radius 1 is 1.35 bits per heavy atom. The molecule has 0 fully saturated rings. The zero-order valence-corrected chi connectivity index (χ0v) is 10.6. The van der Waals surface area contributed by atoms with Crippen molar-refractivity contribution in [2.24, 2.45) is 10.1 Å². The molecule has 4 nitrogen and oxygen atoms in total. The van der Waals surface area contributed by atoms with Crippen molar-refractivity contribution in [2.75, 3.05) is 12.8 Å². The van der Waals surface area contributed by atoms with E-state index in [4.69, 9.17) is 5.21 Å². The third-order valence-electron chi connectivity index (χ3n) is 2.05. The number of ketones is 1. The molecule has 1 aromatic rings. The Morgan fingerprint density at radius 2 is 2.00 bits per heavy atom. The molecule has 0 aliphatic carbocycles. The number of hydrogen-bond acceptors (Lipinski definition) is 5. The quantitative estimate of drug-likeness (QED) is 0.293. The molecule has 0 heterocycles. The fourth-order valence-corrected chi connectivity index (χ4v) is 1.88. The lowest BCUT2D eigenvalue weighted by molar-refractivity contribution is 0.106. The molecular formula is C12H14N2O2S. The highest BCUT2D eigenvalue weighted by molar-refractivity contribution is 8.15. The number of benzene rings is 1. The van der Waals surface area contributed by atoms with Gasteiger partial charge < -0.3 is 5.21 Å². The summed E-state index contributed by atoms with van der Waals surface area (Å²) >= 11 is 1.29. The summed E-state index contributed by atoms with van der Waals surface area (Å²) in [5.74, 6) is -0.324. The SMILES string of the molecule is CCN=C(SC)/C(=N/O)C(=O)c1ccccc1. The molecule has 0 bridgehead atoms. The molecule has 17 heavy (non-hydrogen) atoms. The van der Waals surface area contributed by atoms with E-state index in [-0.39, 0.29) is 11.5 Å². The van der Waals surface area contributed by atoms with Crippen LogP contribution in [-0.4, -0.2) is 34.5 Å². The van der Waals surface area contributed by atoms with Gasteiger partial charge in [0.25, 0.3) is 0 Å². The van der Waals surface area contributed by atoms with E-state index in [9.17, 15) is 4.79 Å². The molecule has 1 N–H and O–H groups in total. The number of Topliss-reactive ketones (excluding diaryl/α,β-unsaturated/α-hetero) is 1. The molecule has 0 radical (unpaired) electrons. The van der Waals surface area contributed by atoms with Crippen LogP contribution in [0.15, 0.2) is 40.5 Å². The van der Waals surface area contributed by atoms with Gasteiger partial charge in [-0.1, -0.05) is 35.5 Å². The fraction of sp³-hybridized carbons (Fsp3) is 0.250. The summed E-state index contributed by atoms with van der Waals surface area (Å²) in [5, 5.41) is 12.5. The Hall–Kier alpha value is -1.62. The summed E-state index contributed by atoms with van der Waals surface area (Å²) in [6.07, 6.45) is 1.79. The topological polar surface area (TPSA) is 62.0 Å². The van der Waals surface area contributed by atoms with Gasteiger partial charge in [0.1, 0.15) is 5.04 Å². The first-order chi connectivity index (χ1) is 8.24. The molecule has 90 valence electrons. The van der Waals surface area contributed by atoms with Gasteiger partial charge in [-0.25, -0.2) is 0 Å². The van der Waals surface area contributed by atoms with Gasteiger partial charge in [0.15, 0.2) is 5.71 Å². The van der Waals surface area contributed by atoms with Crippen LogP contribution in [-0.2, 0) is 0 Å². The molecular weight excluding hydrogens is 236 g/mol. The van der Waals surface area contributed by atoms with Crippen LogP contribution < -0.4 is 0 Å². The zero-order chi connectivity index (χ0) is 12.7. The summed E-state index contributed by atoms with van der Waals surface area (Å²) in [5.41, 5.74) is 0.476. The summed E-state index contributed by atoms with van der Waals surface area (Å²) in [6, 6.07) is 8.70. The molecule has 0 aliphatic rings. The van der Waals surface area contributed by atoms with Crippen LogP contribution in [0.4, 0.5) is 0 Å². The third kappa shape index (κ3) is 3.42. The van der Waals surface area contributed by atoms with Crippen molar-refractivity contribution < 1.29 is 10.0 Å². The number of aliphatic imine (C=N–C) groups is 1. The molecule has 0 aromatic heterocycles. The highest BCUT2D eigenvalue weighted by Gasteiger charge is 2.19. The van der Waals surface area contributed by atoms with Crippen LogP contribution in [0.25, 0.3) is 0 Å². The highest BCUT2D eigenvalue weighted by Crippen LogP contribution is 2.08. The van der Waals surface area contributed by atoms with Gasteiger partial charge in [-0.05, 0) is 13.2 Å². The predicted molar refractivity (Wildman–Crippen MR) is 71.5 cm³/mol.